The average Bonchev–Trinajstić information content (AvgIpc) is 2.04. The lowest BCUT2D eigenvalue weighted by Gasteiger charge is -1.99. The number of anilines is 1. The van der Waals surface area contributed by atoms with Gasteiger partial charge in [-0.2, -0.15) is 5.26 Å². The van der Waals surface area contributed by atoms with Crippen LogP contribution in [0.3, 0.4) is 0 Å². The second-order valence-electron chi connectivity index (χ2n) is 2.18. The molecule has 11 heavy (non-hydrogen) atoms. The Morgan fingerprint density at radius 3 is 2.64 bits per heavy atom. The first-order valence-electron chi connectivity index (χ1n) is 3.19. The molecule has 0 amide bonds. The van der Waals surface area contributed by atoms with E-state index in [1.807, 2.05) is 18.2 Å². The summed E-state index contributed by atoms with van der Waals surface area (Å²) in [5.41, 5.74) is 7.30. The van der Waals surface area contributed by atoms with Crippen LogP contribution in [0.5, 0.6) is 0 Å². The molecule has 2 nitrogen and oxygen atoms in total. The summed E-state index contributed by atoms with van der Waals surface area (Å²) in [4.78, 5) is 0. The van der Waals surface area contributed by atoms with Crippen LogP contribution in [-0.2, 0) is 0 Å². The molecule has 1 rings (SSSR count). The van der Waals surface area contributed by atoms with Crippen molar-refractivity contribution < 1.29 is 0 Å². The van der Waals surface area contributed by atoms with Gasteiger partial charge in [-0.25, -0.2) is 0 Å². The molecule has 0 atom stereocenters. The van der Waals surface area contributed by atoms with Gasteiger partial charge in [-0.05, 0) is 6.07 Å². The van der Waals surface area contributed by atoms with Gasteiger partial charge in [0.15, 0.2) is 0 Å². The minimum atomic E-state index is 0.406. The molecule has 0 aliphatic heterocycles. The van der Waals surface area contributed by atoms with Crippen LogP contribution in [0.1, 0.15) is 5.56 Å². The molecule has 1 aromatic carbocycles. The zero-order valence-corrected chi connectivity index (χ0v) is 6.04. The van der Waals surface area contributed by atoms with Gasteiger partial charge in [0.1, 0.15) is 0 Å². The topological polar surface area (TPSA) is 49.8 Å². The first-order valence-corrected chi connectivity index (χ1v) is 3.19. The average molecular weight is 144 g/mol. The molecule has 2 heteroatoms. The van der Waals surface area contributed by atoms with Gasteiger partial charge < -0.3 is 5.73 Å². The smallest absolute Gasteiger partial charge is 0.0992 e. The molecule has 0 aliphatic rings. The van der Waals surface area contributed by atoms with Crippen LogP contribution in [0, 0.1) is 11.3 Å². The highest BCUT2D eigenvalue weighted by atomic mass is 14.6. The molecule has 0 heterocycles. The zero-order chi connectivity index (χ0) is 8.27. The molecular formula is C9H8N2. The summed E-state index contributed by atoms with van der Waals surface area (Å²) < 4.78 is 0. The predicted molar refractivity (Wildman–Crippen MR) is 45.5 cm³/mol. The monoisotopic (exact) mass is 144 g/mol. The Hall–Kier alpha value is -1.75. The highest BCUT2D eigenvalue weighted by Crippen LogP contribution is 2.17. The summed E-state index contributed by atoms with van der Waals surface area (Å²) >= 11 is 0. The van der Waals surface area contributed by atoms with E-state index in [-0.39, 0.29) is 0 Å². The highest BCUT2D eigenvalue weighted by Gasteiger charge is 1.99. The quantitative estimate of drug-likeness (QED) is 0.482. The fourth-order valence-corrected chi connectivity index (χ4v) is 0.832. The lowest BCUT2D eigenvalue weighted by molar-refractivity contribution is 1.52. The molecule has 0 bridgehead atoms. The minimum Gasteiger partial charge on any atom is -0.398 e. The summed E-state index contributed by atoms with van der Waals surface area (Å²) in [6.07, 6.45) is 0. The Balaban J connectivity index is 3.16. The van der Waals surface area contributed by atoms with E-state index in [1.165, 1.54) is 0 Å². The standard InChI is InChI=1S/C9H8N2/c1-7(6-10)8-4-2-3-5-9(8)11/h2-5H,1,11H2. The Morgan fingerprint density at radius 2 is 2.09 bits per heavy atom. The van der Waals surface area contributed by atoms with Gasteiger partial charge in [0.05, 0.1) is 11.6 Å². The van der Waals surface area contributed by atoms with E-state index in [4.69, 9.17) is 11.0 Å². The third-order valence-electron chi connectivity index (χ3n) is 1.42. The van der Waals surface area contributed by atoms with Crippen LogP contribution in [0.4, 0.5) is 5.69 Å². The van der Waals surface area contributed by atoms with Crippen molar-refractivity contribution in [1.82, 2.24) is 0 Å². The van der Waals surface area contributed by atoms with E-state index in [1.54, 1.807) is 12.1 Å². The molecule has 0 aromatic heterocycles. The number of nitrogen functional groups attached to an aromatic ring is 1. The van der Waals surface area contributed by atoms with Gasteiger partial charge in [0.2, 0.25) is 0 Å². The molecular weight excluding hydrogens is 136 g/mol. The predicted octanol–water partition coefficient (Wildman–Crippen LogP) is 1.81. The SMILES string of the molecule is C=C(C#N)c1ccccc1N. The van der Waals surface area contributed by atoms with Crippen molar-refractivity contribution in [2.24, 2.45) is 0 Å². The van der Waals surface area contributed by atoms with E-state index < -0.39 is 0 Å². The van der Waals surface area contributed by atoms with Gasteiger partial charge in [-0.15, -0.1) is 0 Å². The molecule has 0 spiro atoms. The van der Waals surface area contributed by atoms with Crippen LogP contribution in [0.25, 0.3) is 5.57 Å². The van der Waals surface area contributed by atoms with Crippen molar-refractivity contribution >= 4 is 11.3 Å². The van der Waals surface area contributed by atoms with Crippen molar-refractivity contribution in [3.05, 3.63) is 36.4 Å². The molecule has 54 valence electrons. The van der Waals surface area contributed by atoms with Crippen molar-refractivity contribution in [1.29, 1.82) is 5.26 Å². The Labute approximate surface area is 65.6 Å². The van der Waals surface area contributed by atoms with Crippen LogP contribution >= 0.6 is 0 Å². The summed E-state index contributed by atoms with van der Waals surface area (Å²) in [5, 5.41) is 8.51. The number of allylic oxidation sites excluding steroid dienone is 1. The first kappa shape index (κ1) is 7.36. The van der Waals surface area contributed by atoms with Gasteiger partial charge in [0, 0.05) is 11.3 Å². The van der Waals surface area contributed by atoms with Gasteiger partial charge in [0.25, 0.3) is 0 Å². The normalized spacial score (nSPS) is 8.64. The van der Waals surface area contributed by atoms with Gasteiger partial charge in [-0.3, -0.25) is 0 Å². The maximum Gasteiger partial charge on any atom is 0.0992 e. The summed E-state index contributed by atoms with van der Waals surface area (Å²) in [7, 11) is 0. The highest BCUT2D eigenvalue weighted by molar-refractivity contribution is 5.81. The van der Waals surface area contributed by atoms with Crippen molar-refractivity contribution in [3.8, 4) is 6.07 Å². The van der Waals surface area contributed by atoms with Crippen LogP contribution in [0.15, 0.2) is 30.8 Å². The lowest BCUT2D eigenvalue weighted by Crippen LogP contribution is -1.90. The van der Waals surface area contributed by atoms with Crippen LogP contribution in [0.2, 0.25) is 0 Å². The van der Waals surface area contributed by atoms with E-state index in [2.05, 4.69) is 6.58 Å². The van der Waals surface area contributed by atoms with Crippen LogP contribution < -0.4 is 5.73 Å². The number of nitriles is 1. The first-order chi connectivity index (χ1) is 5.25. The summed E-state index contributed by atoms with van der Waals surface area (Å²) in [6.45, 7) is 3.56. The zero-order valence-electron chi connectivity index (χ0n) is 6.04. The Morgan fingerprint density at radius 1 is 1.45 bits per heavy atom. The molecule has 2 N–H and O–H groups in total. The molecule has 0 aliphatic carbocycles. The van der Waals surface area contributed by atoms with Crippen molar-refractivity contribution in [2.75, 3.05) is 5.73 Å². The molecule has 0 fully saturated rings. The van der Waals surface area contributed by atoms with Crippen LogP contribution in [-0.4, -0.2) is 0 Å². The molecule has 0 saturated carbocycles. The fraction of sp³-hybridized carbons (Fsp3) is 0. The molecule has 0 radical (unpaired) electrons. The fourth-order valence-electron chi connectivity index (χ4n) is 0.832. The second-order valence-corrected chi connectivity index (χ2v) is 2.18. The van der Waals surface area contributed by atoms with Gasteiger partial charge in [-0.1, -0.05) is 24.8 Å². The van der Waals surface area contributed by atoms with Crippen molar-refractivity contribution in [2.45, 2.75) is 0 Å². The van der Waals surface area contributed by atoms with E-state index in [0.717, 1.165) is 5.56 Å². The Kier molecular flexibility index (Phi) is 1.93. The Bertz CT molecular complexity index is 321. The summed E-state index contributed by atoms with van der Waals surface area (Å²) in [5.74, 6) is 0. The number of hydrogen-bond donors (Lipinski definition) is 1. The molecule has 0 unspecified atom stereocenters. The minimum absolute atomic E-state index is 0.406. The molecule has 0 saturated heterocycles. The number of nitrogens with zero attached hydrogens (tertiary/aromatic N) is 1. The largest absolute Gasteiger partial charge is 0.398 e. The maximum atomic E-state index is 8.51. The maximum absolute atomic E-state index is 8.51. The second kappa shape index (κ2) is 2.89. The third-order valence-corrected chi connectivity index (χ3v) is 1.42. The lowest BCUT2D eigenvalue weighted by atomic mass is 10.1. The van der Waals surface area contributed by atoms with Gasteiger partial charge >= 0.3 is 0 Å². The summed E-state index contributed by atoms with van der Waals surface area (Å²) in [6, 6.07) is 9.12. The number of hydrogen-bond acceptors (Lipinski definition) is 2. The number of para-hydroxylation sites is 1. The van der Waals surface area contributed by atoms with Crippen molar-refractivity contribution in [3.63, 3.8) is 0 Å². The number of rotatable bonds is 1. The van der Waals surface area contributed by atoms with E-state index >= 15 is 0 Å². The number of nitrogens with two attached hydrogens (primary N) is 1. The number of benzene rings is 1. The van der Waals surface area contributed by atoms with E-state index in [0.29, 0.717) is 11.3 Å². The van der Waals surface area contributed by atoms with E-state index in [9.17, 15) is 0 Å². The molecule has 1 aromatic rings. The third kappa shape index (κ3) is 1.39.